The number of amides is 1. The minimum absolute atomic E-state index is 0.0225. The SMILES string of the molecule is CC(C)(C)OC(=O)N[C@H]1CCCN(CC2=C3C(Oc4ccc(N)cc4F)=NC=NN3CC2)C1. The number of benzene rings is 1. The van der Waals surface area contributed by atoms with Gasteiger partial charge in [0.1, 0.15) is 17.6 Å². The molecule has 1 aromatic rings. The summed E-state index contributed by atoms with van der Waals surface area (Å²) in [7, 11) is 0. The number of nitrogen functional groups attached to an aromatic ring is 1. The van der Waals surface area contributed by atoms with Gasteiger partial charge in [0.05, 0.1) is 0 Å². The van der Waals surface area contributed by atoms with Crippen LogP contribution in [0, 0.1) is 5.82 Å². The number of rotatable bonds is 4. The van der Waals surface area contributed by atoms with Crippen LogP contribution in [0.3, 0.4) is 0 Å². The number of nitrogens with zero attached hydrogens (tertiary/aromatic N) is 4. The standard InChI is InChI=1S/C23H31FN6O3/c1-23(2,3)33-22(31)28-17-5-4-9-29(13-17)12-15-8-10-30-20(15)21(26-14-27-30)32-19-7-6-16(25)11-18(19)24/h6-7,11,14,17H,4-5,8-10,12-13,25H2,1-3H3,(H,28,31)/t17-/m0/s1. The second-order valence-corrected chi connectivity index (χ2v) is 9.50. The first-order valence-electron chi connectivity index (χ1n) is 11.2. The van der Waals surface area contributed by atoms with E-state index in [1.165, 1.54) is 18.5 Å². The largest absolute Gasteiger partial charge is 0.444 e. The molecular formula is C23H31FN6O3. The Morgan fingerprint density at radius 1 is 1.33 bits per heavy atom. The van der Waals surface area contributed by atoms with Crippen molar-refractivity contribution in [1.29, 1.82) is 0 Å². The van der Waals surface area contributed by atoms with E-state index >= 15 is 0 Å². The number of carbonyl (C=O) groups is 1. The van der Waals surface area contributed by atoms with E-state index in [9.17, 15) is 9.18 Å². The predicted molar refractivity (Wildman–Crippen MR) is 125 cm³/mol. The van der Waals surface area contributed by atoms with E-state index in [1.807, 2.05) is 25.8 Å². The molecule has 3 aliphatic rings. The number of nitrogens with one attached hydrogen (secondary N) is 1. The molecule has 9 nitrogen and oxygen atoms in total. The average molecular weight is 459 g/mol. The van der Waals surface area contributed by atoms with Crippen LogP contribution in [0.2, 0.25) is 0 Å². The molecule has 1 saturated heterocycles. The molecule has 3 heterocycles. The summed E-state index contributed by atoms with van der Waals surface area (Å²) in [5.74, 6) is -0.155. The average Bonchev–Trinajstić information content (AvgIpc) is 3.12. The third-order valence-electron chi connectivity index (χ3n) is 5.59. The maximum atomic E-state index is 14.3. The number of fused-ring (bicyclic) bond motifs is 1. The van der Waals surface area contributed by atoms with Gasteiger partial charge in [0.25, 0.3) is 0 Å². The van der Waals surface area contributed by atoms with Crippen molar-refractivity contribution < 1.29 is 18.7 Å². The zero-order valence-electron chi connectivity index (χ0n) is 19.3. The van der Waals surface area contributed by atoms with Crippen LogP contribution in [0.4, 0.5) is 14.9 Å². The fourth-order valence-electron chi connectivity index (χ4n) is 4.23. The first-order chi connectivity index (χ1) is 15.7. The van der Waals surface area contributed by atoms with Crippen molar-refractivity contribution in [2.24, 2.45) is 10.1 Å². The van der Waals surface area contributed by atoms with Crippen LogP contribution in [0.5, 0.6) is 5.75 Å². The molecule has 0 radical (unpaired) electrons. The fraction of sp³-hybridized carbons (Fsp3) is 0.522. The molecule has 0 aromatic heterocycles. The summed E-state index contributed by atoms with van der Waals surface area (Å²) in [4.78, 5) is 18.8. The highest BCUT2D eigenvalue weighted by molar-refractivity contribution is 6.01. The molecule has 1 aromatic carbocycles. The third kappa shape index (κ3) is 5.81. The topological polar surface area (TPSA) is 105 Å². The molecule has 0 aliphatic carbocycles. The number of hydrogen-bond donors (Lipinski definition) is 2. The summed E-state index contributed by atoms with van der Waals surface area (Å²) in [6, 6.07) is 4.33. The van der Waals surface area contributed by atoms with Crippen molar-refractivity contribution in [2.75, 3.05) is 31.9 Å². The number of hydrazone groups is 1. The van der Waals surface area contributed by atoms with Gasteiger partial charge in [0.2, 0.25) is 5.90 Å². The molecule has 10 heteroatoms. The molecule has 0 spiro atoms. The maximum absolute atomic E-state index is 14.3. The summed E-state index contributed by atoms with van der Waals surface area (Å²) < 4.78 is 25.5. The maximum Gasteiger partial charge on any atom is 0.407 e. The Bertz CT molecular complexity index is 1000. The highest BCUT2D eigenvalue weighted by Crippen LogP contribution is 2.30. The van der Waals surface area contributed by atoms with Gasteiger partial charge in [-0.1, -0.05) is 0 Å². The summed E-state index contributed by atoms with van der Waals surface area (Å²) in [5, 5.41) is 9.15. The van der Waals surface area contributed by atoms with E-state index in [0.29, 0.717) is 24.7 Å². The van der Waals surface area contributed by atoms with Crippen molar-refractivity contribution >= 4 is 24.0 Å². The van der Waals surface area contributed by atoms with E-state index in [4.69, 9.17) is 15.2 Å². The molecule has 4 rings (SSSR count). The van der Waals surface area contributed by atoms with Crippen LogP contribution in [0.15, 0.2) is 39.6 Å². The van der Waals surface area contributed by atoms with Crippen LogP contribution in [-0.2, 0) is 4.74 Å². The Morgan fingerprint density at radius 3 is 2.91 bits per heavy atom. The Hall–Kier alpha value is -3.14. The molecular weight excluding hydrogens is 427 g/mol. The third-order valence-corrected chi connectivity index (χ3v) is 5.59. The smallest absolute Gasteiger partial charge is 0.407 e. The first-order valence-corrected chi connectivity index (χ1v) is 11.2. The number of piperidine rings is 1. The van der Waals surface area contributed by atoms with Gasteiger partial charge in [-0.25, -0.2) is 9.18 Å². The van der Waals surface area contributed by atoms with Gasteiger partial charge in [-0.2, -0.15) is 10.1 Å². The molecule has 33 heavy (non-hydrogen) atoms. The molecule has 0 saturated carbocycles. The lowest BCUT2D eigenvalue weighted by molar-refractivity contribution is 0.0475. The lowest BCUT2D eigenvalue weighted by atomic mass is 10.0. The second-order valence-electron chi connectivity index (χ2n) is 9.50. The Kier molecular flexibility index (Phi) is 6.55. The molecule has 0 unspecified atom stereocenters. The van der Waals surface area contributed by atoms with Gasteiger partial charge in [-0.15, -0.1) is 0 Å². The van der Waals surface area contributed by atoms with E-state index in [2.05, 4.69) is 20.3 Å². The fourth-order valence-corrected chi connectivity index (χ4v) is 4.23. The normalized spacial score (nSPS) is 21.0. The summed E-state index contributed by atoms with van der Waals surface area (Å²) in [6.07, 6.45) is 3.71. The van der Waals surface area contributed by atoms with Gasteiger partial charge in [0, 0.05) is 37.4 Å². The number of hydrogen-bond acceptors (Lipinski definition) is 8. The molecule has 1 fully saturated rings. The monoisotopic (exact) mass is 458 g/mol. The van der Waals surface area contributed by atoms with Crippen LogP contribution in [0.25, 0.3) is 0 Å². The molecule has 178 valence electrons. The Balaban J connectivity index is 1.44. The van der Waals surface area contributed by atoms with Crippen LogP contribution in [-0.4, -0.2) is 66.1 Å². The summed E-state index contributed by atoms with van der Waals surface area (Å²) in [6.45, 7) is 8.60. The summed E-state index contributed by atoms with van der Waals surface area (Å²) >= 11 is 0. The van der Waals surface area contributed by atoms with Crippen molar-refractivity contribution in [3.05, 3.63) is 35.3 Å². The first kappa shape index (κ1) is 23.0. The number of anilines is 1. The van der Waals surface area contributed by atoms with Crippen molar-refractivity contribution in [2.45, 2.75) is 51.7 Å². The predicted octanol–water partition coefficient (Wildman–Crippen LogP) is 3.09. The number of aliphatic imine (C=N–C) groups is 1. The lowest BCUT2D eigenvalue weighted by Gasteiger charge is -2.34. The Morgan fingerprint density at radius 2 is 2.15 bits per heavy atom. The van der Waals surface area contributed by atoms with E-state index in [-0.39, 0.29) is 11.8 Å². The second kappa shape index (κ2) is 9.38. The van der Waals surface area contributed by atoms with Crippen molar-refractivity contribution in [3.8, 4) is 5.75 Å². The zero-order chi connectivity index (χ0) is 23.6. The molecule has 3 N–H and O–H groups in total. The zero-order valence-corrected chi connectivity index (χ0v) is 19.3. The van der Waals surface area contributed by atoms with Gasteiger partial charge < -0.3 is 20.5 Å². The minimum Gasteiger partial charge on any atom is -0.444 e. The molecule has 0 bridgehead atoms. The van der Waals surface area contributed by atoms with Crippen LogP contribution >= 0.6 is 0 Å². The molecule has 1 amide bonds. The van der Waals surface area contributed by atoms with E-state index in [1.54, 1.807) is 6.07 Å². The van der Waals surface area contributed by atoms with Gasteiger partial charge in [-0.05, 0) is 64.3 Å². The quantitative estimate of drug-likeness (QED) is 0.672. The minimum atomic E-state index is -0.543. The molecule has 1 atom stereocenters. The van der Waals surface area contributed by atoms with E-state index < -0.39 is 17.5 Å². The van der Waals surface area contributed by atoms with Gasteiger partial charge in [0.15, 0.2) is 11.6 Å². The van der Waals surface area contributed by atoms with Gasteiger partial charge in [-0.3, -0.25) is 9.91 Å². The van der Waals surface area contributed by atoms with Crippen molar-refractivity contribution in [1.82, 2.24) is 15.2 Å². The summed E-state index contributed by atoms with van der Waals surface area (Å²) in [5.41, 5.74) is 7.34. The highest BCUT2D eigenvalue weighted by atomic mass is 19.1. The number of halogens is 1. The lowest BCUT2D eigenvalue weighted by Crippen LogP contribution is -2.49. The number of carbonyl (C=O) groups excluding carboxylic acids is 1. The highest BCUT2D eigenvalue weighted by Gasteiger charge is 2.32. The van der Waals surface area contributed by atoms with Crippen molar-refractivity contribution in [3.63, 3.8) is 0 Å². The Labute approximate surface area is 193 Å². The number of alkyl carbamates (subject to hydrolysis) is 1. The number of nitrogens with two attached hydrogens (primary N) is 1. The molecule has 3 aliphatic heterocycles. The number of likely N-dealkylation sites (tertiary alicyclic amines) is 1. The van der Waals surface area contributed by atoms with Crippen LogP contribution in [0.1, 0.15) is 40.0 Å². The van der Waals surface area contributed by atoms with Crippen LogP contribution < -0.4 is 15.8 Å². The van der Waals surface area contributed by atoms with E-state index in [0.717, 1.165) is 43.6 Å². The van der Waals surface area contributed by atoms with Gasteiger partial charge >= 0.3 is 6.09 Å². The number of ether oxygens (including phenoxy) is 2.